The molecule has 4 heterocycles. The lowest BCUT2D eigenvalue weighted by Crippen LogP contribution is -2.69. The SMILES string of the molecule is CN1C(=O)C23NC2(N3)[C@]2(C)[C@H]3CC[C@]4(C)[C@@H](C(=O)O)CC[C@H]4[C@@H]3CC3N[C@@]312. The van der Waals surface area contributed by atoms with E-state index in [1.807, 2.05) is 11.9 Å². The summed E-state index contributed by atoms with van der Waals surface area (Å²) in [5.41, 5.74) is -1.12. The van der Waals surface area contributed by atoms with Gasteiger partial charge in [0.1, 0.15) is 11.3 Å². The summed E-state index contributed by atoms with van der Waals surface area (Å²) >= 11 is 0. The van der Waals surface area contributed by atoms with Gasteiger partial charge in [-0.05, 0) is 55.3 Å². The number of carboxylic acid groups (broad SMARTS) is 1. The maximum atomic E-state index is 13.0. The highest BCUT2D eigenvalue weighted by molar-refractivity contribution is 6.00. The van der Waals surface area contributed by atoms with Gasteiger partial charge in [0, 0.05) is 18.5 Å². The van der Waals surface area contributed by atoms with E-state index < -0.39 is 11.6 Å². The van der Waals surface area contributed by atoms with Crippen molar-refractivity contribution in [2.75, 3.05) is 7.05 Å². The summed E-state index contributed by atoms with van der Waals surface area (Å²) in [4.78, 5) is 26.9. The third-order valence-electron chi connectivity index (χ3n) is 10.7. The van der Waals surface area contributed by atoms with Crippen LogP contribution in [0.15, 0.2) is 0 Å². The summed E-state index contributed by atoms with van der Waals surface area (Å²) in [6, 6.07) is 0.334. The molecule has 1 spiro atoms. The van der Waals surface area contributed by atoms with Crippen molar-refractivity contribution in [2.24, 2.45) is 34.5 Å². The monoisotopic (exact) mass is 372 g/mol. The van der Waals surface area contributed by atoms with Crippen LogP contribution in [0.1, 0.15) is 46.0 Å². The average Bonchev–Trinajstić information content (AvgIpc) is 3.49. The number of piperidine rings is 1. The zero-order valence-corrected chi connectivity index (χ0v) is 16.1. The molecule has 7 fully saturated rings. The fraction of sp³-hybridized carbons (Fsp3) is 0.900. The smallest absolute Gasteiger partial charge is 0.307 e. The summed E-state index contributed by atoms with van der Waals surface area (Å²) in [6.07, 6.45) is 5.00. The standard InChI is InChI=1S/C20H28N4O3/c1-16-7-6-11-9(10(16)4-5-12(16)14(25)26)8-13-19(21-13)17(11,2)20-18(22-20,23-20)15(27)24(19)3/h9-13,21-23H,4-8H2,1-3H3,(H,25,26)/t9-,10-,11-,12+,13?,16-,17+,18?,19-,20?/m0/s1. The highest BCUT2D eigenvalue weighted by Crippen LogP contribution is 2.79. The third-order valence-corrected chi connectivity index (χ3v) is 10.7. The van der Waals surface area contributed by atoms with E-state index in [9.17, 15) is 14.7 Å². The first-order valence-electron chi connectivity index (χ1n) is 10.6. The molecule has 3 aliphatic carbocycles. The van der Waals surface area contributed by atoms with Crippen molar-refractivity contribution in [1.29, 1.82) is 0 Å². The van der Waals surface area contributed by atoms with Gasteiger partial charge in [0.2, 0.25) is 0 Å². The molecule has 1 unspecified atom stereocenters. The second kappa shape index (κ2) is 3.81. The highest BCUT2D eigenvalue weighted by atomic mass is 16.4. The highest BCUT2D eigenvalue weighted by Gasteiger charge is 3.03. The summed E-state index contributed by atoms with van der Waals surface area (Å²) < 4.78 is 0. The number of amides is 1. The summed E-state index contributed by atoms with van der Waals surface area (Å²) in [5, 5.41) is 20.7. The fourth-order valence-corrected chi connectivity index (χ4v) is 9.33. The zero-order valence-electron chi connectivity index (χ0n) is 16.1. The molecule has 146 valence electrons. The van der Waals surface area contributed by atoms with E-state index in [1.165, 1.54) is 0 Å². The van der Waals surface area contributed by atoms with Crippen molar-refractivity contribution in [1.82, 2.24) is 20.9 Å². The number of carbonyl (C=O) groups is 2. The molecule has 3 saturated carbocycles. The van der Waals surface area contributed by atoms with Crippen LogP contribution >= 0.6 is 0 Å². The lowest BCUT2D eigenvalue weighted by atomic mass is 9.46. The number of hydrogen-bond donors (Lipinski definition) is 4. The van der Waals surface area contributed by atoms with Crippen LogP contribution < -0.4 is 16.0 Å². The first-order chi connectivity index (χ1) is 12.7. The van der Waals surface area contributed by atoms with Crippen LogP contribution in [0, 0.1) is 34.5 Å². The predicted octanol–water partition coefficient (Wildman–Crippen LogP) is 0.279. The zero-order chi connectivity index (χ0) is 18.8. The van der Waals surface area contributed by atoms with Gasteiger partial charge in [-0.2, -0.15) is 0 Å². The molecule has 7 aliphatic rings. The number of nitrogens with zero attached hydrogens (tertiary/aromatic N) is 1. The number of fused-ring (bicyclic) bond motifs is 4. The average molecular weight is 372 g/mol. The molecule has 8 atom stereocenters. The van der Waals surface area contributed by atoms with Crippen molar-refractivity contribution >= 4 is 11.9 Å². The molecule has 0 aromatic rings. The van der Waals surface area contributed by atoms with Crippen molar-refractivity contribution in [2.45, 2.75) is 69.0 Å². The van der Waals surface area contributed by atoms with E-state index in [4.69, 9.17) is 0 Å². The predicted molar refractivity (Wildman–Crippen MR) is 95.1 cm³/mol. The van der Waals surface area contributed by atoms with Crippen LogP contribution in [0.4, 0.5) is 0 Å². The van der Waals surface area contributed by atoms with Gasteiger partial charge >= 0.3 is 5.97 Å². The molecule has 7 nitrogen and oxygen atoms in total. The lowest BCUT2D eigenvalue weighted by Gasteiger charge is -2.60. The Labute approximate surface area is 158 Å². The maximum Gasteiger partial charge on any atom is 0.307 e. The lowest BCUT2D eigenvalue weighted by molar-refractivity contribution is -0.160. The summed E-state index contributed by atoms with van der Waals surface area (Å²) in [6.45, 7) is 4.63. The minimum Gasteiger partial charge on any atom is -0.481 e. The molecule has 0 aromatic heterocycles. The third kappa shape index (κ3) is 1.20. The second-order valence-corrected chi connectivity index (χ2v) is 10.9. The topological polar surface area (TPSA) is 123 Å². The van der Waals surface area contributed by atoms with E-state index in [1.54, 1.807) is 0 Å². The van der Waals surface area contributed by atoms with E-state index >= 15 is 0 Å². The van der Waals surface area contributed by atoms with E-state index in [2.05, 4.69) is 29.8 Å². The number of carboxylic acids is 1. The number of likely N-dealkylation sites (N-methyl/N-ethyl adjacent to an activating group) is 1. The number of likely N-dealkylation sites (tertiary alicyclic amines) is 1. The Balaban J connectivity index is 1.34. The number of carbonyl (C=O) groups excluding carboxylic acids is 1. The number of aliphatic carboxylic acids is 1. The van der Waals surface area contributed by atoms with Crippen LogP contribution in [0.5, 0.6) is 0 Å². The Morgan fingerprint density at radius 1 is 1.19 bits per heavy atom. The van der Waals surface area contributed by atoms with Gasteiger partial charge < -0.3 is 10.0 Å². The number of nitrogens with one attached hydrogen (secondary N) is 3. The van der Waals surface area contributed by atoms with Crippen LogP contribution in [-0.2, 0) is 9.59 Å². The normalized spacial score (nSPS) is 66.6. The first kappa shape index (κ1) is 15.7. The summed E-state index contributed by atoms with van der Waals surface area (Å²) in [5.74, 6) is 0.925. The van der Waals surface area contributed by atoms with E-state index in [0.29, 0.717) is 23.8 Å². The molecule has 7 rings (SSSR count). The van der Waals surface area contributed by atoms with Gasteiger partial charge in [0.15, 0.2) is 5.66 Å². The molecule has 1 amide bonds. The quantitative estimate of drug-likeness (QED) is 0.490. The second-order valence-electron chi connectivity index (χ2n) is 10.9. The molecule has 0 radical (unpaired) electrons. The maximum absolute atomic E-state index is 13.0. The Kier molecular flexibility index (Phi) is 2.22. The summed E-state index contributed by atoms with van der Waals surface area (Å²) in [7, 11) is 1.97. The molecular formula is C20H28N4O3. The fourth-order valence-electron chi connectivity index (χ4n) is 9.33. The van der Waals surface area contributed by atoms with Crippen molar-refractivity contribution < 1.29 is 14.7 Å². The van der Waals surface area contributed by atoms with Crippen LogP contribution in [0.3, 0.4) is 0 Å². The minimum absolute atomic E-state index is 0.0567. The van der Waals surface area contributed by atoms with Gasteiger partial charge in [-0.3, -0.25) is 25.5 Å². The molecule has 7 heteroatoms. The number of rotatable bonds is 1. The molecule has 4 aliphatic heterocycles. The molecule has 27 heavy (non-hydrogen) atoms. The van der Waals surface area contributed by atoms with Crippen LogP contribution in [0.2, 0.25) is 0 Å². The largest absolute Gasteiger partial charge is 0.481 e. The molecule has 0 aromatic carbocycles. The van der Waals surface area contributed by atoms with Crippen LogP contribution in [-0.4, -0.2) is 52.0 Å². The molecule has 4 saturated heterocycles. The first-order valence-corrected chi connectivity index (χ1v) is 10.6. The van der Waals surface area contributed by atoms with Gasteiger partial charge in [-0.1, -0.05) is 13.8 Å². The Morgan fingerprint density at radius 3 is 2.63 bits per heavy atom. The Hall–Kier alpha value is -1.18. The van der Waals surface area contributed by atoms with Crippen LogP contribution in [0.25, 0.3) is 0 Å². The Bertz CT molecular complexity index is 839. The van der Waals surface area contributed by atoms with Gasteiger partial charge in [-0.15, -0.1) is 0 Å². The van der Waals surface area contributed by atoms with Gasteiger partial charge in [0.05, 0.1) is 5.92 Å². The van der Waals surface area contributed by atoms with Crippen molar-refractivity contribution in [3.8, 4) is 0 Å². The van der Waals surface area contributed by atoms with Crippen molar-refractivity contribution in [3.05, 3.63) is 0 Å². The van der Waals surface area contributed by atoms with E-state index in [-0.39, 0.29) is 34.0 Å². The molecule has 0 bridgehead atoms. The molecule has 4 N–H and O–H groups in total. The van der Waals surface area contributed by atoms with Gasteiger partial charge in [-0.25, -0.2) is 0 Å². The number of hydrogen-bond acceptors (Lipinski definition) is 5. The molecular weight excluding hydrogens is 344 g/mol. The Morgan fingerprint density at radius 2 is 1.93 bits per heavy atom. The van der Waals surface area contributed by atoms with Crippen molar-refractivity contribution in [3.63, 3.8) is 0 Å². The minimum atomic E-state index is -0.604. The van der Waals surface area contributed by atoms with E-state index in [0.717, 1.165) is 32.1 Å². The van der Waals surface area contributed by atoms with Gasteiger partial charge in [0.25, 0.3) is 5.91 Å².